The number of likely N-dealkylation sites (N-methyl/N-ethyl adjacent to an activating group) is 2. The number of phenols is 2. The summed E-state index contributed by atoms with van der Waals surface area (Å²) >= 11 is 0. The first-order valence-corrected chi connectivity index (χ1v) is 15.0. The van der Waals surface area contributed by atoms with Gasteiger partial charge < -0.3 is 34.1 Å². The number of carbonyl (C=O) groups is 1. The predicted molar refractivity (Wildman–Crippen MR) is 171 cm³/mol. The Kier molecular flexibility index (Phi) is 8.56. The number of methoxy groups -OCH3 is 2. The number of carbonyl (C=O) groups excluding carboxylic acids is 1. The summed E-state index contributed by atoms with van der Waals surface area (Å²) in [5.41, 5.74) is 5.93. The molecule has 0 spiro atoms. The highest BCUT2D eigenvalue weighted by molar-refractivity contribution is 5.76. The van der Waals surface area contributed by atoms with Crippen LogP contribution >= 0.6 is 0 Å². The van der Waals surface area contributed by atoms with Crippen molar-refractivity contribution in [1.29, 1.82) is 0 Å². The molecule has 234 valence electrons. The van der Waals surface area contributed by atoms with Crippen LogP contribution in [-0.4, -0.2) is 67.7 Å². The summed E-state index contributed by atoms with van der Waals surface area (Å²) < 4.78 is 23.7. The Labute approximate surface area is 263 Å². The van der Waals surface area contributed by atoms with Crippen LogP contribution in [-0.2, 0) is 25.8 Å². The van der Waals surface area contributed by atoms with Crippen LogP contribution in [0.3, 0.4) is 0 Å². The summed E-state index contributed by atoms with van der Waals surface area (Å²) in [5.74, 6) is 2.67. The fourth-order valence-electron chi connectivity index (χ4n) is 6.22. The number of hydrogen-bond donors (Lipinski definition) is 2. The maximum atomic E-state index is 11.2. The van der Waals surface area contributed by atoms with Crippen molar-refractivity contribution in [3.8, 4) is 46.0 Å². The molecule has 0 bridgehead atoms. The number of hydrogen-bond acceptors (Lipinski definition) is 9. The van der Waals surface area contributed by atoms with Crippen molar-refractivity contribution < 1.29 is 34.0 Å². The maximum Gasteiger partial charge on any atom is 0.201 e. The molecule has 0 aromatic heterocycles. The Morgan fingerprint density at radius 3 is 2.29 bits per heavy atom. The second-order valence-corrected chi connectivity index (χ2v) is 11.7. The molecule has 4 aromatic rings. The second-order valence-electron chi connectivity index (χ2n) is 11.7. The first-order valence-electron chi connectivity index (χ1n) is 15.0. The van der Waals surface area contributed by atoms with Crippen LogP contribution < -0.4 is 18.9 Å². The third-order valence-corrected chi connectivity index (χ3v) is 8.79. The summed E-state index contributed by atoms with van der Waals surface area (Å²) in [7, 11) is 7.36. The molecular formula is C36H38N2O7. The molecule has 0 unspecified atom stereocenters. The molecule has 0 radical (unpaired) electrons. The number of phenolic OH excluding ortho intramolecular Hbond substituents is 2. The fraction of sp³-hybridized carbons (Fsp3) is 0.306. The summed E-state index contributed by atoms with van der Waals surface area (Å²) in [4.78, 5) is 15.7. The van der Waals surface area contributed by atoms with Crippen LogP contribution in [0.5, 0.6) is 46.0 Å². The van der Waals surface area contributed by atoms with Gasteiger partial charge in [0, 0.05) is 36.8 Å². The van der Waals surface area contributed by atoms with Crippen molar-refractivity contribution in [3.05, 3.63) is 94.0 Å². The van der Waals surface area contributed by atoms with Gasteiger partial charge in [-0.15, -0.1) is 0 Å². The molecule has 4 aromatic carbocycles. The van der Waals surface area contributed by atoms with Gasteiger partial charge in [-0.05, 0) is 104 Å². The fourth-order valence-corrected chi connectivity index (χ4v) is 6.22. The van der Waals surface area contributed by atoms with E-state index in [1.807, 2.05) is 36.4 Å². The Balaban J connectivity index is 1.30. The molecule has 0 amide bonds. The zero-order chi connectivity index (χ0) is 31.7. The number of nitrogens with zero attached hydrogens (tertiary/aromatic N) is 2. The molecule has 6 rings (SSSR count). The van der Waals surface area contributed by atoms with Crippen LogP contribution in [0.15, 0.2) is 60.7 Å². The Morgan fingerprint density at radius 1 is 0.822 bits per heavy atom. The van der Waals surface area contributed by atoms with Gasteiger partial charge in [0.25, 0.3) is 0 Å². The molecule has 2 heterocycles. The van der Waals surface area contributed by atoms with Gasteiger partial charge in [0.1, 0.15) is 12.0 Å². The average molecular weight is 611 g/mol. The van der Waals surface area contributed by atoms with Gasteiger partial charge in [-0.25, -0.2) is 0 Å². The van der Waals surface area contributed by atoms with Crippen molar-refractivity contribution >= 4 is 6.29 Å². The molecule has 9 nitrogen and oxygen atoms in total. The Hall–Kier alpha value is -4.73. The van der Waals surface area contributed by atoms with Crippen molar-refractivity contribution in [1.82, 2.24) is 9.80 Å². The molecule has 2 aliphatic heterocycles. The van der Waals surface area contributed by atoms with Crippen molar-refractivity contribution in [3.63, 3.8) is 0 Å². The number of aldehydes is 1. The molecule has 0 aliphatic carbocycles. The number of aromatic hydroxyl groups is 2. The topological polar surface area (TPSA) is 101 Å². The minimum Gasteiger partial charge on any atom is -0.504 e. The molecule has 0 saturated heterocycles. The molecule has 45 heavy (non-hydrogen) atoms. The van der Waals surface area contributed by atoms with Gasteiger partial charge in [0.05, 0.1) is 14.2 Å². The maximum absolute atomic E-state index is 11.2. The SMILES string of the molecule is COc1cc2c(cc1Oc1c(O)c(OC)cc3c1CN(C)CC3)[C@H](Cc1ccc(Oc3cc(C=O)ccc3O)cc1)N(C)CC2. The van der Waals surface area contributed by atoms with E-state index in [1.54, 1.807) is 14.2 Å². The van der Waals surface area contributed by atoms with E-state index in [0.717, 1.165) is 54.6 Å². The van der Waals surface area contributed by atoms with E-state index in [-0.39, 0.29) is 23.3 Å². The van der Waals surface area contributed by atoms with Gasteiger partial charge in [0.2, 0.25) is 5.75 Å². The smallest absolute Gasteiger partial charge is 0.201 e. The molecule has 0 saturated carbocycles. The van der Waals surface area contributed by atoms with Crippen LogP contribution in [0, 0.1) is 0 Å². The summed E-state index contributed by atoms with van der Waals surface area (Å²) in [6.45, 7) is 2.47. The number of rotatable bonds is 9. The predicted octanol–water partition coefficient (Wildman–Crippen LogP) is 6.27. The lowest BCUT2D eigenvalue weighted by Gasteiger charge is -2.35. The lowest BCUT2D eigenvalue weighted by molar-refractivity contribution is 0.112. The van der Waals surface area contributed by atoms with Crippen LogP contribution in [0.4, 0.5) is 0 Å². The van der Waals surface area contributed by atoms with Gasteiger partial charge in [-0.1, -0.05) is 12.1 Å². The first kappa shape index (κ1) is 30.3. The van der Waals surface area contributed by atoms with E-state index in [9.17, 15) is 15.0 Å². The second kappa shape index (κ2) is 12.7. The largest absolute Gasteiger partial charge is 0.504 e. The summed E-state index contributed by atoms with van der Waals surface area (Å²) in [6.07, 6.45) is 3.17. The zero-order valence-corrected chi connectivity index (χ0v) is 26.0. The van der Waals surface area contributed by atoms with Gasteiger partial charge >= 0.3 is 0 Å². The normalized spacial score (nSPS) is 16.4. The Morgan fingerprint density at radius 2 is 1.56 bits per heavy atom. The van der Waals surface area contributed by atoms with Gasteiger partial charge in [-0.3, -0.25) is 9.69 Å². The first-order chi connectivity index (χ1) is 21.8. The van der Waals surface area contributed by atoms with E-state index >= 15 is 0 Å². The van der Waals surface area contributed by atoms with E-state index in [4.69, 9.17) is 18.9 Å². The highest BCUT2D eigenvalue weighted by atomic mass is 16.5. The zero-order valence-electron chi connectivity index (χ0n) is 26.0. The van der Waals surface area contributed by atoms with Crippen LogP contribution in [0.2, 0.25) is 0 Å². The number of fused-ring (bicyclic) bond motifs is 2. The summed E-state index contributed by atoms with van der Waals surface area (Å²) in [6, 6.07) is 18.3. The molecule has 2 N–H and O–H groups in total. The minimum absolute atomic E-state index is 0.0199. The van der Waals surface area contributed by atoms with Crippen molar-refractivity contribution in [2.75, 3.05) is 41.4 Å². The minimum atomic E-state index is -0.0339. The number of ether oxygens (including phenoxy) is 4. The van der Waals surface area contributed by atoms with E-state index in [1.165, 1.54) is 23.8 Å². The molecule has 2 aliphatic rings. The summed E-state index contributed by atoms with van der Waals surface area (Å²) in [5, 5.41) is 21.3. The monoisotopic (exact) mass is 610 g/mol. The standard InChI is InChI=1S/C36H38N2O7/c1-37-13-11-25-18-34(43-4)35(41)36(28(25)20-37)45-33-19-27-24(17-32(33)42-3)12-14-38(2)29(27)15-22-5-8-26(9-6-22)44-31-16-23(21-39)7-10-30(31)40/h5-10,16-19,21,29,40-41H,11-15,20H2,1-4H3/t29-/m0/s1. The van der Waals surface area contributed by atoms with Crippen molar-refractivity contribution in [2.45, 2.75) is 31.8 Å². The van der Waals surface area contributed by atoms with Crippen LogP contribution in [0.1, 0.15) is 44.2 Å². The lowest BCUT2D eigenvalue weighted by Crippen LogP contribution is -2.33. The molecular weight excluding hydrogens is 572 g/mol. The highest BCUT2D eigenvalue weighted by Crippen LogP contribution is 2.48. The quantitative estimate of drug-likeness (QED) is 0.212. The van der Waals surface area contributed by atoms with Gasteiger partial charge in [-0.2, -0.15) is 0 Å². The average Bonchev–Trinajstić information content (AvgIpc) is 3.05. The molecule has 9 heteroatoms. The van der Waals surface area contributed by atoms with Crippen molar-refractivity contribution in [2.24, 2.45) is 0 Å². The lowest BCUT2D eigenvalue weighted by atomic mass is 9.88. The third kappa shape index (κ3) is 6.14. The van der Waals surface area contributed by atoms with Gasteiger partial charge in [0.15, 0.2) is 34.5 Å². The van der Waals surface area contributed by atoms with E-state index < -0.39 is 0 Å². The highest BCUT2D eigenvalue weighted by Gasteiger charge is 2.29. The molecule has 0 fully saturated rings. The number of benzene rings is 4. The van der Waals surface area contributed by atoms with E-state index in [2.05, 4.69) is 30.0 Å². The van der Waals surface area contributed by atoms with Crippen LogP contribution in [0.25, 0.3) is 0 Å². The third-order valence-electron chi connectivity index (χ3n) is 8.79. The molecule has 1 atom stereocenters. The van der Waals surface area contributed by atoms with E-state index in [0.29, 0.717) is 47.1 Å². The Bertz CT molecular complexity index is 1720.